The molecule has 0 unspecified atom stereocenters. The molecule has 1 aromatic carbocycles. The number of amides is 1. The molecule has 0 aromatic heterocycles. The maximum absolute atomic E-state index is 13.3. The lowest BCUT2D eigenvalue weighted by Gasteiger charge is -2.28. The van der Waals surface area contributed by atoms with Gasteiger partial charge in [0.1, 0.15) is 17.3 Å². The van der Waals surface area contributed by atoms with Crippen molar-refractivity contribution in [1.82, 2.24) is 5.32 Å². The summed E-state index contributed by atoms with van der Waals surface area (Å²) in [6.45, 7) is 6.06. The Morgan fingerprint density at radius 3 is 2.21 bits per heavy atom. The van der Waals surface area contributed by atoms with E-state index >= 15 is 0 Å². The molecule has 0 fully saturated rings. The minimum Gasteiger partial charge on any atom is -0.320 e. The molecule has 3 nitrogen and oxygen atoms in total. The number of nitrogens with one attached hydrogen (secondary N) is 2. The molecule has 0 radical (unpaired) electrons. The quantitative estimate of drug-likeness (QED) is 0.834. The van der Waals surface area contributed by atoms with Crippen molar-refractivity contribution in [1.29, 1.82) is 0 Å². The van der Waals surface area contributed by atoms with E-state index in [4.69, 9.17) is 0 Å². The molecule has 2 N–H and O–H groups in total. The van der Waals surface area contributed by atoms with Gasteiger partial charge >= 0.3 is 0 Å². The highest BCUT2D eigenvalue weighted by Gasteiger charge is 2.20. The molecular weight excluding hydrogens is 250 g/mol. The van der Waals surface area contributed by atoms with Gasteiger partial charge in [0.05, 0.1) is 6.54 Å². The number of carbonyl (C=O) groups excluding carboxylic acids is 1. The van der Waals surface area contributed by atoms with Gasteiger partial charge in [-0.05, 0) is 31.9 Å². The fourth-order valence-corrected chi connectivity index (χ4v) is 1.59. The Morgan fingerprint density at radius 2 is 1.74 bits per heavy atom. The molecule has 1 rings (SSSR count). The second-order valence-electron chi connectivity index (χ2n) is 4.77. The third-order valence-electron chi connectivity index (χ3n) is 3.46. The first-order valence-electron chi connectivity index (χ1n) is 6.40. The van der Waals surface area contributed by atoms with Gasteiger partial charge in [0, 0.05) is 5.54 Å². The summed E-state index contributed by atoms with van der Waals surface area (Å²) in [4.78, 5) is 11.7. The number of halogens is 2. The highest BCUT2D eigenvalue weighted by molar-refractivity contribution is 5.92. The molecule has 0 atom stereocenters. The Morgan fingerprint density at radius 1 is 1.21 bits per heavy atom. The van der Waals surface area contributed by atoms with Crippen molar-refractivity contribution in [2.75, 3.05) is 11.9 Å². The fourth-order valence-electron chi connectivity index (χ4n) is 1.59. The maximum Gasteiger partial charge on any atom is 0.238 e. The second-order valence-corrected chi connectivity index (χ2v) is 4.77. The number of para-hydroxylation sites is 1. The molecule has 0 aliphatic carbocycles. The van der Waals surface area contributed by atoms with Crippen LogP contribution in [0.15, 0.2) is 18.2 Å². The Bertz CT molecular complexity index is 425. The van der Waals surface area contributed by atoms with Crippen LogP contribution in [-0.2, 0) is 4.79 Å². The summed E-state index contributed by atoms with van der Waals surface area (Å²) in [7, 11) is 0. The van der Waals surface area contributed by atoms with Gasteiger partial charge in [0.2, 0.25) is 5.91 Å². The number of hydrogen-bond acceptors (Lipinski definition) is 2. The third-order valence-corrected chi connectivity index (χ3v) is 3.46. The van der Waals surface area contributed by atoms with Crippen LogP contribution in [-0.4, -0.2) is 18.0 Å². The fraction of sp³-hybridized carbons (Fsp3) is 0.500. The van der Waals surface area contributed by atoms with Crippen LogP contribution in [0.5, 0.6) is 0 Å². The Kier molecular flexibility index (Phi) is 5.42. The zero-order valence-corrected chi connectivity index (χ0v) is 11.5. The molecule has 0 saturated carbocycles. The van der Waals surface area contributed by atoms with E-state index < -0.39 is 23.2 Å². The Hall–Kier alpha value is -1.49. The van der Waals surface area contributed by atoms with E-state index in [1.165, 1.54) is 6.07 Å². The summed E-state index contributed by atoms with van der Waals surface area (Å²) < 4.78 is 26.7. The van der Waals surface area contributed by atoms with Crippen LogP contribution in [0, 0.1) is 11.6 Å². The van der Waals surface area contributed by atoms with E-state index in [2.05, 4.69) is 10.6 Å². The summed E-state index contributed by atoms with van der Waals surface area (Å²) in [5.74, 6) is -2.01. The molecule has 0 aliphatic heterocycles. The minimum atomic E-state index is -0.776. The topological polar surface area (TPSA) is 41.1 Å². The van der Waals surface area contributed by atoms with Crippen molar-refractivity contribution in [3.05, 3.63) is 29.8 Å². The molecule has 0 bridgehead atoms. The predicted octanol–water partition coefficient (Wildman–Crippen LogP) is 3.07. The average Bonchev–Trinajstić information content (AvgIpc) is 2.40. The first-order chi connectivity index (χ1) is 8.91. The average molecular weight is 270 g/mol. The number of rotatable bonds is 6. The second kappa shape index (κ2) is 6.61. The summed E-state index contributed by atoms with van der Waals surface area (Å²) >= 11 is 0. The zero-order valence-electron chi connectivity index (χ0n) is 11.5. The molecule has 0 saturated heterocycles. The SMILES string of the molecule is CCC(C)(CC)NCC(=O)Nc1c(F)cccc1F. The Labute approximate surface area is 112 Å². The largest absolute Gasteiger partial charge is 0.320 e. The van der Waals surface area contributed by atoms with Gasteiger partial charge < -0.3 is 10.6 Å². The van der Waals surface area contributed by atoms with Crippen molar-refractivity contribution < 1.29 is 13.6 Å². The van der Waals surface area contributed by atoms with Gasteiger partial charge in [-0.25, -0.2) is 8.78 Å². The maximum atomic E-state index is 13.3. The molecule has 1 aromatic rings. The number of benzene rings is 1. The molecule has 19 heavy (non-hydrogen) atoms. The van der Waals surface area contributed by atoms with E-state index in [9.17, 15) is 13.6 Å². The van der Waals surface area contributed by atoms with Crippen LogP contribution in [0.3, 0.4) is 0 Å². The van der Waals surface area contributed by atoms with Crippen molar-refractivity contribution >= 4 is 11.6 Å². The van der Waals surface area contributed by atoms with E-state index in [-0.39, 0.29) is 12.1 Å². The third kappa shape index (κ3) is 4.28. The first-order valence-corrected chi connectivity index (χ1v) is 6.40. The van der Waals surface area contributed by atoms with Gasteiger partial charge in [0.15, 0.2) is 0 Å². The standard InChI is InChI=1S/C14H20F2N2O/c1-4-14(3,5-2)17-9-12(19)18-13-10(15)7-6-8-11(13)16/h6-8,17H,4-5,9H2,1-3H3,(H,18,19). The van der Waals surface area contributed by atoms with Crippen molar-refractivity contribution in [3.63, 3.8) is 0 Å². The molecule has 0 aliphatic rings. The summed E-state index contributed by atoms with van der Waals surface area (Å²) in [6.07, 6.45) is 1.73. The summed E-state index contributed by atoms with van der Waals surface area (Å²) in [5.41, 5.74) is -0.547. The number of carbonyl (C=O) groups is 1. The lowest BCUT2D eigenvalue weighted by Crippen LogP contribution is -2.45. The molecule has 0 heterocycles. The summed E-state index contributed by atoms with van der Waals surface area (Å²) in [6, 6.07) is 3.46. The highest BCUT2D eigenvalue weighted by Crippen LogP contribution is 2.18. The van der Waals surface area contributed by atoms with Crippen molar-refractivity contribution in [2.24, 2.45) is 0 Å². The van der Waals surface area contributed by atoms with Crippen molar-refractivity contribution in [3.8, 4) is 0 Å². The molecular formula is C14H20F2N2O. The molecule has 0 spiro atoms. The highest BCUT2D eigenvalue weighted by atomic mass is 19.1. The van der Waals surface area contributed by atoms with Crippen LogP contribution < -0.4 is 10.6 Å². The lowest BCUT2D eigenvalue weighted by atomic mass is 9.96. The van der Waals surface area contributed by atoms with E-state index in [0.717, 1.165) is 25.0 Å². The zero-order chi connectivity index (χ0) is 14.5. The van der Waals surface area contributed by atoms with Crippen LogP contribution in [0.2, 0.25) is 0 Å². The minimum absolute atomic E-state index is 0.0198. The van der Waals surface area contributed by atoms with Gasteiger partial charge in [0.25, 0.3) is 0 Å². The summed E-state index contributed by atoms with van der Waals surface area (Å²) in [5, 5.41) is 5.35. The van der Waals surface area contributed by atoms with Crippen LogP contribution in [0.25, 0.3) is 0 Å². The van der Waals surface area contributed by atoms with Crippen LogP contribution in [0.4, 0.5) is 14.5 Å². The van der Waals surface area contributed by atoms with Gasteiger partial charge in [-0.1, -0.05) is 19.9 Å². The molecule has 5 heteroatoms. The van der Waals surface area contributed by atoms with Gasteiger partial charge in [-0.3, -0.25) is 4.79 Å². The predicted molar refractivity (Wildman–Crippen MR) is 72.0 cm³/mol. The number of anilines is 1. The normalized spacial score (nSPS) is 11.4. The monoisotopic (exact) mass is 270 g/mol. The Balaban J connectivity index is 2.61. The smallest absolute Gasteiger partial charge is 0.238 e. The van der Waals surface area contributed by atoms with Crippen LogP contribution in [0.1, 0.15) is 33.6 Å². The lowest BCUT2D eigenvalue weighted by molar-refractivity contribution is -0.115. The molecule has 1 amide bonds. The van der Waals surface area contributed by atoms with Gasteiger partial charge in [-0.15, -0.1) is 0 Å². The first kappa shape index (κ1) is 15.6. The number of hydrogen-bond donors (Lipinski definition) is 2. The van der Waals surface area contributed by atoms with Gasteiger partial charge in [-0.2, -0.15) is 0 Å². The van der Waals surface area contributed by atoms with E-state index in [1.807, 2.05) is 20.8 Å². The van der Waals surface area contributed by atoms with Crippen molar-refractivity contribution in [2.45, 2.75) is 39.2 Å². The molecule has 106 valence electrons. The van der Waals surface area contributed by atoms with Crippen LogP contribution >= 0.6 is 0 Å². The van der Waals surface area contributed by atoms with E-state index in [1.54, 1.807) is 0 Å². The van der Waals surface area contributed by atoms with E-state index in [0.29, 0.717) is 0 Å².